The molecule has 0 aliphatic heterocycles. The number of aryl methyl sites for hydroxylation is 1. The standard InChI is InChI=1S/C7H14N4/c1-11-7(2-4-10-11)6-9-5-3-8/h2,4,9H,3,5-6,8H2,1H3. The van der Waals surface area contributed by atoms with Crippen molar-refractivity contribution in [2.75, 3.05) is 13.1 Å². The number of rotatable bonds is 4. The van der Waals surface area contributed by atoms with E-state index >= 15 is 0 Å². The molecule has 1 heterocycles. The van der Waals surface area contributed by atoms with Crippen LogP contribution in [0.3, 0.4) is 0 Å². The molecule has 0 saturated heterocycles. The Balaban J connectivity index is 2.32. The fourth-order valence-corrected chi connectivity index (χ4v) is 0.893. The van der Waals surface area contributed by atoms with Crippen molar-refractivity contribution in [3.05, 3.63) is 18.0 Å². The van der Waals surface area contributed by atoms with Crippen LogP contribution in [0.2, 0.25) is 0 Å². The summed E-state index contributed by atoms with van der Waals surface area (Å²) in [6, 6.07) is 1.99. The maximum Gasteiger partial charge on any atom is 0.0518 e. The van der Waals surface area contributed by atoms with Gasteiger partial charge < -0.3 is 11.1 Å². The zero-order valence-corrected chi connectivity index (χ0v) is 6.75. The number of hydrogen-bond donors (Lipinski definition) is 2. The van der Waals surface area contributed by atoms with E-state index in [1.165, 1.54) is 5.69 Å². The van der Waals surface area contributed by atoms with Gasteiger partial charge in [0, 0.05) is 32.9 Å². The lowest BCUT2D eigenvalue weighted by Crippen LogP contribution is -2.22. The summed E-state index contributed by atoms with van der Waals surface area (Å²) >= 11 is 0. The van der Waals surface area contributed by atoms with E-state index in [0.717, 1.165) is 13.1 Å². The molecule has 4 heteroatoms. The number of nitrogens with zero attached hydrogens (tertiary/aromatic N) is 2. The molecular weight excluding hydrogens is 140 g/mol. The van der Waals surface area contributed by atoms with Crippen LogP contribution in [0.1, 0.15) is 5.69 Å². The minimum absolute atomic E-state index is 0.678. The quantitative estimate of drug-likeness (QED) is 0.573. The summed E-state index contributed by atoms with van der Waals surface area (Å²) in [5, 5.41) is 7.23. The van der Waals surface area contributed by atoms with Crippen LogP contribution in [-0.2, 0) is 13.6 Å². The molecule has 0 spiro atoms. The summed E-state index contributed by atoms with van der Waals surface area (Å²) < 4.78 is 1.85. The summed E-state index contributed by atoms with van der Waals surface area (Å²) in [6.07, 6.45) is 1.79. The van der Waals surface area contributed by atoms with Crippen LogP contribution in [0, 0.1) is 0 Å². The molecule has 0 bridgehead atoms. The molecule has 11 heavy (non-hydrogen) atoms. The Morgan fingerprint density at radius 2 is 2.55 bits per heavy atom. The first-order valence-electron chi connectivity index (χ1n) is 3.72. The normalized spacial score (nSPS) is 10.4. The first-order chi connectivity index (χ1) is 5.34. The highest BCUT2D eigenvalue weighted by atomic mass is 15.3. The van der Waals surface area contributed by atoms with Gasteiger partial charge in [0.2, 0.25) is 0 Å². The molecule has 3 N–H and O–H groups in total. The van der Waals surface area contributed by atoms with Crippen LogP contribution in [0.25, 0.3) is 0 Å². The van der Waals surface area contributed by atoms with Gasteiger partial charge in [0.15, 0.2) is 0 Å². The minimum atomic E-state index is 0.678. The first kappa shape index (κ1) is 8.23. The van der Waals surface area contributed by atoms with Crippen LogP contribution < -0.4 is 11.1 Å². The zero-order chi connectivity index (χ0) is 8.10. The largest absolute Gasteiger partial charge is 0.329 e. The van der Waals surface area contributed by atoms with Crippen molar-refractivity contribution in [1.82, 2.24) is 15.1 Å². The lowest BCUT2D eigenvalue weighted by Gasteiger charge is -2.02. The molecule has 0 amide bonds. The fraction of sp³-hybridized carbons (Fsp3) is 0.571. The summed E-state index contributed by atoms with van der Waals surface area (Å²) in [4.78, 5) is 0. The van der Waals surface area contributed by atoms with Crippen LogP contribution in [0.4, 0.5) is 0 Å². The third-order valence-electron chi connectivity index (χ3n) is 1.55. The molecule has 0 unspecified atom stereocenters. The molecule has 0 atom stereocenters. The molecule has 1 rings (SSSR count). The van der Waals surface area contributed by atoms with Gasteiger partial charge in [-0.05, 0) is 6.07 Å². The second-order valence-electron chi connectivity index (χ2n) is 2.41. The Hall–Kier alpha value is -0.870. The predicted octanol–water partition coefficient (Wildman–Crippen LogP) is -0.532. The van der Waals surface area contributed by atoms with E-state index < -0.39 is 0 Å². The van der Waals surface area contributed by atoms with E-state index in [1.807, 2.05) is 17.8 Å². The fourth-order valence-electron chi connectivity index (χ4n) is 0.893. The van der Waals surface area contributed by atoms with E-state index in [4.69, 9.17) is 5.73 Å². The van der Waals surface area contributed by atoms with Crippen molar-refractivity contribution >= 4 is 0 Å². The Bertz CT molecular complexity index is 206. The summed E-state index contributed by atoms with van der Waals surface area (Å²) in [5.74, 6) is 0. The summed E-state index contributed by atoms with van der Waals surface area (Å²) in [5.41, 5.74) is 6.50. The highest BCUT2D eigenvalue weighted by Crippen LogP contribution is 1.93. The van der Waals surface area contributed by atoms with Crippen LogP contribution >= 0.6 is 0 Å². The molecule has 0 aliphatic rings. The third kappa shape index (κ3) is 2.32. The van der Waals surface area contributed by atoms with E-state index in [2.05, 4.69) is 10.4 Å². The zero-order valence-electron chi connectivity index (χ0n) is 6.75. The molecule has 0 aliphatic carbocycles. The van der Waals surface area contributed by atoms with Crippen molar-refractivity contribution in [3.63, 3.8) is 0 Å². The average Bonchev–Trinajstić information content (AvgIpc) is 2.37. The second kappa shape index (κ2) is 4.10. The second-order valence-corrected chi connectivity index (χ2v) is 2.41. The van der Waals surface area contributed by atoms with Gasteiger partial charge in [0.25, 0.3) is 0 Å². The van der Waals surface area contributed by atoms with E-state index in [0.29, 0.717) is 6.54 Å². The minimum Gasteiger partial charge on any atom is -0.329 e. The number of hydrogen-bond acceptors (Lipinski definition) is 3. The summed E-state index contributed by atoms with van der Waals surface area (Å²) in [7, 11) is 1.93. The van der Waals surface area contributed by atoms with Crippen molar-refractivity contribution in [2.24, 2.45) is 12.8 Å². The van der Waals surface area contributed by atoms with Crippen molar-refractivity contribution in [2.45, 2.75) is 6.54 Å². The molecule has 0 saturated carbocycles. The van der Waals surface area contributed by atoms with Gasteiger partial charge in [-0.3, -0.25) is 4.68 Å². The molecule has 1 aromatic rings. The van der Waals surface area contributed by atoms with E-state index in [1.54, 1.807) is 6.20 Å². The lowest BCUT2D eigenvalue weighted by molar-refractivity contribution is 0.630. The molecule has 62 valence electrons. The van der Waals surface area contributed by atoms with Crippen LogP contribution in [0.15, 0.2) is 12.3 Å². The molecule has 4 nitrogen and oxygen atoms in total. The Labute approximate surface area is 66.4 Å². The highest BCUT2D eigenvalue weighted by molar-refractivity contribution is 4.98. The topological polar surface area (TPSA) is 55.9 Å². The number of nitrogens with two attached hydrogens (primary N) is 1. The van der Waals surface area contributed by atoms with Gasteiger partial charge in [-0.15, -0.1) is 0 Å². The van der Waals surface area contributed by atoms with Crippen molar-refractivity contribution in [3.8, 4) is 0 Å². The van der Waals surface area contributed by atoms with E-state index in [-0.39, 0.29) is 0 Å². The van der Waals surface area contributed by atoms with Crippen molar-refractivity contribution in [1.29, 1.82) is 0 Å². The SMILES string of the molecule is Cn1nccc1CNCCN. The lowest BCUT2D eigenvalue weighted by atomic mass is 10.4. The third-order valence-corrected chi connectivity index (χ3v) is 1.55. The molecular formula is C7H14N4. The van der Waals surface area contributed by atoms with Crippen molar-refractivity contribution < 1.29 is 0 Å². The van der Waals surface area contributed by atoms with E-state index in [9.17, 15) is 0 Å². The van der Waals surface area contributed by atoms with Crippen LogP contribution in [0.5, 0.6) is 0 Å². The molecule has 1 aromatic heterocycles. The Morgan fingerprint density at radius 1 is 1.73 bits per heavy atom. The van der Waals surface area contributed by atoms with Gasteiger partial charge in [-0.2, -0.15) is 5.10 Å². The maximum absolute atomic E-state index is 5.32. The van der Waals surface area contributed by atoms with Crippen LogP contribution in [-0.4, -0.2) is 22.9 Å². The first-order valence-corrected chi connectivity index (χ1v) is 3.72. The van der Waals surface area contributed by atoms with Gasteiger partial charge in [0.05, 0.1) is 5.69 Å². The Kier molecular flexibility index (Phi) is 3.07. The van der Waals surface area contributed by atoms with Gasteiger partial charge in [-0.1, -0.05) is 0 Å². The maximum atomic E-state index is 5.32. The molecule has 0 radical (unpaired) electrons. The summed E-state index contributed by atoms with van der Waals surface area (Å²) in [6.45, 7) is 2.37. The Morgan fingerprint density at radius 3 is 3.09 bits per heavy atom. The smallest absolute Gasteiger partial charge is 0.0518 e. The monoisotopic (exact) mass is 154 g/mol. The number of aromatic nitrogens is 2. The predicted molar refractivity (Wildman–Crippen MR) is 44.0 cm³/mol. The van der Waals surface area contributed by atoms with Gasteiger partial charge >= 0.3 is 0 Å². The molecule has 0 aromatic carbocycles. The van der Waals surface area contributed by atoms with Gasteiger partial charge in [-0.25, -0.2) is 0 Å². The molecule has 0 fully saturated rings. The average molecular weight is 154 g/mol. The van der Waals surface area contributed by atoms with Gasteiger partial charge in [0.1, 0.15) is 0 Å². The highest BCUT2D eigenvalue weighted by Gasteiger charge is 1.95. The number of nitrogens with one attached hydrogen (secondary N) is 1.